The number of likely N-dealkylation sites (tertiary alicyclic amines) is 1. The van der Waals surface area contributed by atoms with Crippen molar-refractivity contribution in [2.24, 2.45) is 0 Å². The predicted molar refractivity (Wildman–Crippen MR) is 140 cm³/mol. The largest absolute Gasteiger partial charge is 0.356 e. The van der Waals surface area contributed by atoms with Crippen molar-refractivity contribution in [3.63, 3.8) is 0 Å². The smallest absolute Gasteiger partial charge is 0.262 e. The molecule has 4 heterocycles. The number of benzene rings is 2. The van der Waals surface area contributed by atoms with Crippen LogP contribution < -0.4 is 5.56 Å². The molecule has 0 radical (unpaired) electrons. The first-order valence-corrected chi connectivity index (χ1v) is 13.2. The van der Waals surface area contributed by atoms with Crippen LogP contribution in [-0.4, -0.2) is 39.1 Å². The molecule has 1 saturated heterocycles. The van der Waals surface area contributed by atoms with Gasteiger partial charge in [-0.2, -0.15) is 0 Å². The first-order valence-electron chi connectivity index (χ1n) is 12.3. The number of aryl methyl sites for hydroxylation is 2. The zero-order chi connectivity index (χ0) is 24.8. The van der Waals surface area contributed by atoms with Crippen molar-refractivity contribution >= 4 is 27.3 Å². The number of aromatic nitrogens is 3. The van der Waals surface area contributed by atoms with Crippen LogP contribution >= 0.6 is 11.3 Å². The fourth-order valence-electron chi connectivity index (χ4n) is 5.22. The molecule has 0 aliphatic carbocycles. The Labute approximate surface area is 212 Å². The Kier molecular flexibility index (Phi) is 5.93. The molecule has 36 heavy (non-hydrogen) atoms. The maximum absolute atomic E-state index is 13.6. The highest BCUT2D eigenvalue weighted by molar-refractivity contribution is 7.15. The number of hydrogen-bond donors (Lipinski definition) is 0. The minimum Gasteiger partial charge on any atom is -0.356 e. The molecule has 5 aromatic rings. The van der Waals surface area contributed by atoms with Gasteiger partial charge in [0, 0.05) is 40.6 Å². The van der Waals surface area contributed by atoms with Gasteiger partial charge in [-0.25, -0.2) is 9.37 Å². The van der Waals surface area contributed by atoms with Crippen molar-refractivity contribution in [3.05, 3.63) is 86.5 Å². The second kappa shape index (κ2) is 9.26. The highest BCUT2D eigenvalue weighted by Crippen LogP contribution is 2.33. The minimum atomic E-state index is -0.313. The molecule has 0 atom stereocenters. The Bertz CT molecular complexity index is 1610. The number of thiazole rings is 1. The van der Waals surface area contributed by atoms with E-state index in [1.165, 1.54) is 29.0 Å². The zero-order valence-electron chi connectivity index (χ0n) is 20.3. The first-order chi connectivity index (χ1) is 17.5. The van der Waals surface area contributed by atoms with Gasteiger partial charge in [-0.05, 0) is 63.9 Å². The summed E-state index contributed by atoms with van der Waals surface area (Å²) in [5, 5.41) is 7.17. The molecule has 0 spiro atoms. The van der Waals surface area contributed by atoms with Crippen LogP contribution in [0.15, 0.2) is 57.2 Å². The van der Waals surface area contributed by atoms with Crippen LogP contribution in [0.1, 0.15) is 41.3 Å². The van der Waals surface area contributed by atoms with E-state index in [0.29, 0.717) is 17.9 Å². The highest BCUT2D eigenvalue weighted by atomic mass is 32.1. The lowest BCUT2D eigenvalue weighted by atomic mass is 9.91. The van der Waals surface area contributed by atoms with Gasteiger partial charge in [0.15, 0.2) is 10.5 Å². The molecule has 6 rings (SSSR count). The van der Waals surface area contributed by atoms with Gasteiger partial charge < -0.3 is 9.42 Å². The fourth-order valence-corrected chi connectivity index (χ4v) is 6.16. The average molecular weight is 503 g/mol. The first kappa shape index (κ1) is 23.1. The Morgan fingerprint density at radius 1 is 1.11 bits per heavy atom. The number of nitrogens with zero attached hydrogens (tertiary/aromatic N) is 4. The van der Waals surface area contributed by atoms with Crippen LogP contribution in [0.5, 0.6) is 0 Å². The molecule has 8 heteroatoms. The summed E-state index contributed by atoms with van der Waals surface area (Å²) in [5.74, 6) is -0.0199. The molecular formula is C28H27FN4O2S. The third-order valence-corrected chi connectivity index (χ3v) is 8.16. The van der Waals surface area contributed by atoms with E-state index in [-0.39, 0.29) is 11.4 Å². The van der Waals surface area contributed by atoms with E-state index >= 15 is 0 Å². The minimum absolute atomic E-state index is 0.0329. The number of fused-ring (bicyclic) bond motifs is 2. The van der Waals surface area contributed by atoms with Crippen LogP contribution in [0.2, 0.25) is 0 Å². The molecule has 0 unspecified atom stereocenters. The molecule has 2 aromatic carbocycles. The van der Waals surface area contributed by atoms with Crippen molar-refractivity contribution < 1.29 is 8.91 Å². The van der Waals surface area contributed by atoms with Crippen LogP contribution in [-0.2, 0) is 6.42 Å². The maximum Gasteiger partial charge on any atom is 0.262 e. The van der Waals surface area contributed by atoms with Crippen LogP contribution in [0, 0.1) is 19.7 Å². The van der Waals surface area contributed by atoms with E-state index in [1.807, 2.05) is 12.3 Å². The van der Waals surface area contributed by atoms with Crippen molar-refractivity contribution in [1.82, 2.24) is 19.4 Å². The third kappa shape index (κ3) is 4.14. The molecule has 3 aromatic heterocycles. The number of rotatable bonds is 5. The van der Waals surface area contributed by atoms with Gasteiger partial charge in [0.05, 0.1) is 11.4 Å². The normalized spacial score (nSPS) is 15.3. The summed E-state index contributed by atoms with van der Waals surface area (Å²) in [6.45, 7) is 6.65. The Hall–Kier alpha value is -3.36. The summed E-state index contributed by atoms with van der Waals surface area (Å²) in [7, 11) is 0. The van der Waals surface area contributed by atoms with Crippen molar-refractivity contribution in [1.29, 1.82) is 0 Å². The fraction of sp³-hybridized carbons (Fsp3) is 0.321. The molecule has 0 saturated carbocycles. The van der Waals surface area contributed by atoms with Gasteiger partial charge in [0.1, 0.15) is 5.82 Å². The van der Waals surface area contributed by atoms with E-state index < -0.39 is 0 Å². The maximum atomic E-state index is 13.6. The topological polar surface area (TPSA) is 63.6 Å². The van der Waals surface area contributed by atoms with E-state index in [4.69, 9.17) is 9.51 Å². The van der Waals surface area contributed by atoms with Crippen LogP contribution in [0.3, 0.4) is 0 Å². The van der Waals surface area contributed by atoms with E-state index in [2.05, 4.69) is 41.2 Å². The summed E-state index contributed by atoms with van der Waals surface area (Å²) in [4.78, 5) is 21.5. The lowest BCUT2D eigenvalue weighted by Gasteiger charge is -2.31. The van der Waals surface area contributed by atoms with E-state index in [0.717, 1.165) is 71.0 Å². The van der Waals surface area contributed by atoms with Gasteiger partial charge in [-0.3, -0.25) is 9.20 Å². The van der Waals surface area contributed by atoms with Gasteiger partial charge in [-0.1, -0.05) is 35.0 Å². The van der Waals surface area contributed by atoms with Gasteiger partial charge >= 0.3 is 0 Å². The zero-order valence-corrected chi connectivity index (χ0v) is 21.1. The predicted octanol–water partition coefficient (Wildman–Crippen LogP) is 5.74. The van der Waals surface area contributed by atoms with E-state index in [1.54, 1.807) is 10.5 Å². The summed E-state index contributed by atoms with van der Waals surface area (Å²) in [6, 6.07) is 12.9. The highest BCUT2D eigenvalue weighted by Gasteiger charge is 2.25. The quantitative estimate of drug-likeness (QED) is 0.307. The molecule has 1 aliphatic heterocycles. The molecule has 6 nitrogen and oxygen atoms in total. The van der Waals surface area contributed by atoms with Crippen LogP contribution in [0.25, 0.3) is 27.2 Å². The Morgan fingerprint density at radius 3 is 2.67 bits per heavy atom. The van der Waals surface area contributed by atoms with Crippen molar-refractivity contribution in [2.45, 2.75) is 39.0 Å². The molecule has 184 valence electrons. The number of hydrogen-bond acceptors (Lipinski definition) is 6. The van der Waals surface area contributed by atoms with Crippen molar-refractivity contribution in [3.8, 4) is 11.3 Å². The van der Waals surface area contributed by atoms with E-state index in [9.17, 15) is 9.18 Å². The second-order valence-electron chi connectivity index (χ2n) is 9.66. The molecule has 1 fully saturated rings. The van der Waals surface area contributed by atoms with Gasteiger partial charge in [-0.15, -0.1) is 11.3 Å². The monoisotopic (exact) mass is 502 g/mol. The molecule has 0 N–H and O–H groups in total. The lowest BCUT2D eigenvalue weighted by molar-refractivity contribution is 0.211. The van der Waals surface area contributed by atoms with Gasteiger partial charge in [0.2, 0.25) is 0 Å². The molecule has 1 aliphatic rings. The summed E-state index contributed by atoms with van der Waals surface area (Å²) < 4.78 is 20.6. The van der Waals surface area contributed by atoms with Gasteiger partial charge in [0.25, 0.3) is 5.56 Å². The summed E-state index contributed by atoms with van der Waals surface area (Å²) in [5.41, 5.74) is 6.17. The number of halogens is 1. The molecule has 0 bridgehead atoms. The summed E-state index contributed by atoms with van der Waals surface area (Å²) in [6.07, 6.45) is 2.58. The third-order valence-electron chi connectivity index (χ3n) is 7.33. The average Bonchev–Trinajstić information content (AvgIpc) is 3.49. The molecule has 0 amide bonds. The van der Waals surface area contributed by atoms with Crippen molar-refractivity contribution in [2.75, 3.05) is 19.6 Å². The standard InChI is InChI=1S/C28H27FN4O2S/c1-17-3-5-19(6-4-17)24-16-36-28-30-18(2)22(27(34)33(24)28)11-14-32-12-9-20(10-13-32)26-23-8-7-21(29)15-25(23)35-31-26/h3-8,15-16,20H,9-14H2,1-2H3. The lowest BCUT2D eigenvalue weighted by Crippen LogP contribution is -2.35. The molecular weight excluding hydrogens is 475 g/mol. The Morgan fingerprint density at radius 2 is 1.89 bits per heavy atom. The Balaban J connectivity index is 1.17. The number of piperidine rings is 1. The van der Waals surface area contributed by atoms with Crippen LogP contribution in [0.4, 0.5) is 4.39 Å². The second-order valence-corrected chi connectivity index (χ2v) is 10.5. The SMILES string of the molecule is Cc1ccc(-c2csc3nc(C)c(CCN4CCC(c5noc6cc(F)ccc56)CC4)c(=O)n23)cc1. The summed E-state index contributed by atoms with van der Waals surface area (Å²) >= 11 is 1.50.